The van der Waals surface area contributed by atoms with Crippen molar-refractivity contribution < 1.29 is 28.6 Å². The number of amides is 2. The standard InChI is InChI=1S/C25H24N2O6/c1-16(24(29)27-20-11-7-6-10-19(20)17-8-4-3-5-9-17)33-25(30)18-12-13-21(22(14-18)31-2)32-15-23(26)28/h3-14,16H,15H2,1-2H3,(H2,26,28)(H,27,29). The Kier molecular flexibility index (Phi) is 7.64. The summed E-state index contributed by atoms with van der Waals surface area (Å²) in [6.45, 7) is 1.15. The summed E-state index contributed by atoms with van der Waals surface area (Å²) in [6, 6.07) is 21.3. The van der Waals surface area contributed by atoms with Crippen LogP contribution in [0.15, 0.2) is 72.8 Å². The van der Waals surface area contributed by atoms with E-state index in [0.29, 0.717) is 5.69 Å². The predicted molar refractivity (Wildman–Crippen MR) is 123 cm³/mol. The Morgan fingerprint density at radius 1 is 0.939 bits per heavy atom. The number of hydrogen-bond donors (Lipinski definition) is 2. The fourth-order valence-electron chi connectivity index (χ4n) is 3.04. The number of anilines is 1. The molecule has 0 saturated heterocycles. The maximum absolute atomic E-state index is 12.7. The second-order valence-corrected chi connectivity index (χ2v) is 7.07. The number of methoxy groups -OCH3 is 1. The van der Waals surface area contributed by atoms with E-state index in [1.54, 1.807) is 6.07 Å². The van der Waals surface area contributed by atoms with E-state index < -0.39 is 23.9 Å². The lowest BCUT2D eigenvalue weighted by Crippen LogP contribution is -2.30. The van der Waals surface area contributed by atoms with Crippen LogP contribution in [-0.4, -0.2) is 37.6 Å². The molecule has 8 heteroatoms. The first-order valence-electron chi connectivity index (χ1n) is 10.1. The number of primary amides is 1. The lowest BCUT2D eigenvalue weighted by Gasteiger charge is -2.16. The van der Waals surface area contributed by atoms with Gasteiger partial charge in [-0.05, 0) is 36.8 Å². The molecule has 0 spiro atoms. The van der Waals surface area contributed by atoms with E-state index in [9.17, 15) is 14.4 Å². The highest BCUT2D eigenvalue weighted by Gasteiger charge is 2.21. The number of hydrogen-bond acceptors (Lipinski definition) is 6. The third-order valence-electron chi connectivity index (χ3n) is 4.69. The van der Waals surface area contributed by atoms with E-state index >= 15 is 0 Å². The van der Waals surface area contributed by atoms with Crippen molar-refractivity contribution >= 4 is 23.5 Å². The van der Waals surface area contributed by atoms with Gasteiger partial charge in [0.05, 0.1) is 12.7 Å². The Morgan fingerprint density at radius 2 is 1.64 bits per heavy atom. The molecule has 3 rings (SSSR count). The van der Waals surface area contributed by atoms with Gasteiger partial charge < -0.3 is 25.3 Å². The summed E-state index contributed by atoms with van der Waals surface area (Å²) in [4.78, 5) is 36.2. The predicted octanol–water partition coefficient (Wildman–Crippen LogP) is 3.41. The number of rotatable bonds is 9. The van der Waals surface area contributed by atoms with Crippen LogP contribution in [0.4, 0.5) is 5.69 Å². The van der Waals surface area contributed by atoms with Crippen molar-refractivity contribution in [3.63, 3.8) is 0 Å². The first kappa shape index (κ1) is 23.3. The van der Waals surface area contributed by atoms with Crippen molar-refractivity contribution in [3.8, 4) is 22.6 Å². The van der Waals surface area contributed by atoms with Crippen LogP contribution in [0.5, 0.6) is 11.5 Å². The zero-order valence-electron chi connectivity index (χ0n) is 18.2. The number of carbonyl (C=O) groups excluding carboxylic acids is 3. The van der Waals surface area contributed by atoms with E-state index in [2.05, 4.69) is 5.32 Å². The average Bonchev–Trinajstić information content (AvgIpc) is 2.83. The number of carbonyl (C=O) groups is 3. The molecule has 0 aliphatic heterocycles. The number of para-hydroxylation sites is 1. The summed E-state index contributed by atoms with van der Waals surface area (Å²) in [5.74, 6) is -1.36. The Balaban J connectivity index is 1.68. The van der Waals surface area contributed by atoms with Crippen LogP contribution in [-0.2, 0) is 14.3 Å². The number of ether oxygens (including phenoxy) is 3. The van der Waals surface area contributed by atoms with Crippen LogP contribution in [0.1, 0.15) is 17.3 Å². The fourth-order valence-corrected chi connectivity index (χ4v) is 3.04. The van der Waals surface area contributed by atoms with Gasteiger partial charge in [-0.25, -0.2) is 4.79 Å². The lowest BCUT2D eigenvalue weighted by molar-refractivity contribution is -0.123. The van der Waals surface area contributed by atoms with Gasteiger partial charge in [-0.15, -0.1) is 0 Å². The van der Waals surface area contributed by atoms with Crippen LogP contribution in [0, 0.1) is 0 Å². The maximum Gasteiger partial charge on any atom is 0.339 e. The fraction of sp³-hybridized carbons (Fsp3) is 0.160. The molecule has 3 aromatic carbocycles. The molecule has 1 atom stereocenters. The van der Waals surface area contributed by atoms with Crippen LogP contribution >= 0.6 is 0 Å². The van der Waals surface area contributed by atoms with E-state index in [0.717, 1.165) is 11.1 Å². The largest absolute Gasteiger partial charge is 0.493 e. The molecule has 0 aromatic heterocycles. The topological polar surface area (TPSA) is 117 Å². The first-order chi connectivity index (χ1) is 15.9. The molecule has 170 valence electrons. The summed E-state index contributed by atoms with van der Waals surface area (Å²) in [7, 11) is 1.39. The first-order valence-corrected chi connectivity index (χ1v) is 10.1. The number of esters is 1. The highest BCUT2D eigenvalue weighted by Crippen LogP contribution is 2.29. The van der Waals surface area contributed by atoms with Gasteiger partial charge in [0, 0.05) is 11.3 Å². The molecule has 0 heterocycles. The van der Waals surface area contributed by atoms with E-state index in [-0.39, 0.29) is 23.7 Å². The monoisotopic (exact) mass is 448 g/mol. The van der Waals surface area contributed by atoms with Gasteiger partial charge in [-0.3, -0.25) is 9.59 Å². The van der Waals surface area contributed by atoms with Gasteiger partial charge >= 0.3 is 5.97 Å². The van der Waals surface area contributed by atoms with Crippen molar-refractivity contribution in [2.24, 2.45) is 5.73 Å². The molecule has 0 radical (unpaired) electrons. The van der Waals surface area contributed by atoms with Gasteiger partial charge in [-0.1, -0.05) is 48.5 Å². The molecule has 3 aromatic rings. The lowest BCUT2D eigenvalue weighted by atomic mass is 10.0. The normalized spacial score (nSPS) is 11.2. The van der Waals surface area contributed by atoms with Crippen molar-refractivity contribution in [1.82, 2.24) is 0 Å². The molecule has 2 amide bonds. The summed E-state index contributed by atoms with van der Waals surface area (Å²) in [6.07, 6.45) is -1.06. The molecule has 0 fully saturated rings. The van der Waals surface area contributed by atoms with Crippen molar-refractivity contribution in [2.75, 3.05) is 19.0 Å². The molecular weight excluding hydrogens is 424 g/mol. The van der Waals surface area contributed by atoms with Crippen LogP contribution in [0.3, 0.4) is 0 Å². The Morgan fingerprint density at radius 3 is 2.33 bits per heavy atom. The molecule has 33 heavy (non-hydrogen) atoms. The van der Waals surface area contributed by atoms with Gasteiger partial charge in [0.1, 0.15) is 0 Å². The zero-order valence-corrected chi connectivity index (χ0v) is 18.2. The van der Waals surface area contributed by atoms with E-state index in [4.69, 9.17) is 19.9 Å². The van der Waals surface area contributed by atoms with E-state index in [1.165, 1.54) is 32.2 Å². The van der Waals surface area contributed by atoms with Gasteiger partial charge in [0.2, 0.25) is 0 Å². The van der Waals surface area contributed by atoms with Gasteiger partial charge in [0.15, 0.2) is 24.2 Å². The Hall–Kier alpha value is -4.33. The maximum atomic E-state index is 12.7. The summed E-state index contributed by atoms with van der Waals surface area (Å²) in [5.41, 5.74) is 7.63. The molecule has 0 saturated carbocycles. The van der Waals surface area contributed by atoms with Crippen LogP contribution in [0.25, 0.3) is 11.1 Å². The molecule has 0 bridgehead atoms. The second kappa shape index (κ2) is 10.8. The minimum atomic E-state index is -1.06. The molecule has 0 aliphatic rings. The zero-order chi connectivity index (χ0) is 23.8. The second-order valence-electron chi connectivity index (χ2n) is 7.07. The molecular formula is C25H24N2O6. The highest BCUT2D eigenvalue weighted by molar-refractivity contribution is 6.00. The van der Waals surface area contributed by atoms with Gasteiger partial charge in [0.25, 0.3) is 11.8 Å². The third-order valence-corrected chi connectivity index (χ3v) is 4.69. The molecule has 3 N–H and O–H groups in total. The quantitative estimate of drug-likeness (QED) is 0.485. The Bertz CT molecular complexity index is 1150. The minimum Gasteiger partial charge on any atom is -0.493 e. The van der Waals surface area contributed by atoms with Gasteiger partial charge in [-0.2, -0.15) is 0 Å². The van der Waals surface area contributed by atoms with Crippen molar-refractivity contribution in [1.29, 1.82) is 0 Å². The van der Waals surface area contributed by atoms with Crippen LogP contribution in [0.2, 0.25) is 0 Å². The third kappa shape index (κ3) is 6.10. The molecule has 1 unspecified atom stereocenters. The SMILES string of the molecule is COc1cc(C(=O)OC(C)C(=O)Nc2ccccc2-c2ccccc2)ccc1OCC(N)=O. The number of nitrogens with two attached hydrogens (primary N) is 1. The van der Waals surface area contributed by atoms with Crippen molar-refractivity contribution in [2.45, 2.75) is 13.0 Å². The number of nitrogens with one attached hydrogen (secondary N) is 1. The molecule has 8 nitrogen and oxygen atoms in total. The number of benzene rings is 3. The Labute approximate surface area is 191 Å². The summed E-state index contributed by atoms with van der Waals surface area (Å²) in [5, 5.41) is 2.82. The summed E-state index contributed by atoms with van der Waals surface area (Å²) < 4.78 is 15.8. The molecule has 0 aliphatic carbocycles. The van der Waals surface area contributed by atoms with Crippen molar-refractivity contribution in [3.05, 3.63) is 78.4 Å². The summed E-state index contributed by atoms with van der Waals surface area (Å²) >= 11 is 0. The van der Waals surface area contributed by atoms with Crippen LogP contribution < -0.4 is 20.5 Å². The minimum absolute atomic E-state index is 0.155. The smallest absolute Gasteiger partial charge is 0.339 e. The highest BCUT2D eigenvalue weighted by atomic mass is 16.5. The average molecular weight is 448 g/mol. The van der Waals surface area contributed by atoms with E-state index in [1.807, 2.05) is 48.5 Å².